The highest BCUT2D eigenvalue weighted by Crippen LogP contribution is 2.21. The molecule has 0 unspecified atom stereocenters. The zero-order chi connectivity index (χ0) is 23.4. The molecular formula is C25H28N4O3S. The fraction of sp³-hybridized carbons (Fsp3) is 0.280. The molecule has 172 valence electrons. The minimum atomic E-state index is -3.52. The fourth-order valence-electron chi connectivity index (χ4n) is 4.15. The second-order valence-electron chi connectivity index (χ2n) is 8.19. The summed E-state index contributed by atoms with van der Waals surface area (Å²) in [5.74, 6) is -0.398. The molecule has 0 bridgehead atoms. The summed E-state index contributed by atoms with van der Waals surface area (Å²) in [6.45, 7) is 5.12. The number of para-hydroxylation sites is 1. The van der Waals surface area contributed by atoms with Gasteiger partial charge in [0.15, 0.2) is 0 Å². The van der Waals surface area contributed by atoms with Gasteiger partial charge in [0.25, 0.3) is 5.91 Å². The van der Waals surface area contributed by atoms with E-state index in [1.807, 2.05) is 50.2 Å². The van der Waals surface area contributed by atoms with Crippen molar-refractivity contribution in [2.24, 2.45) is 5.10 Å². The number of piperidine rings is 1. The third kappa shape index (κ3) is 4.91. The first-order valence-corrected chi connectivity index (χ1v) is 12.5. The first kappa shape index (κ1) is 22.9. The maximum atomic E-state index is 12.8. The molecule has 2 heterocycles. The average molecular weight is 465 g/mol. The highest BCUT2D eigenvalue weighted by atomic mass is 32.2. The summed E-state index contributed by atoms with van der Waals surface area (Å²) in [6, 6.07) is 18.0. The Hall–Kier alpha value is -3.23. The van der Waals surface area contributed by atoms with Crippen molar-refractivity contribution in [3.8, 4) is 5.69 Å². The Morgan fingerprint density at radius 3 is 2.30 bits per heavy atom. The number of benzene rings is 2. The van der Waals surface area contributed by atoms with Crippen molar-refractivity contribution in [1.29, 1.82) is 0 Å². The molecule has 0 radical (unpaired) electrons. The molecule has 1 aliphatic rings. The molecular weight excluding hydrogens is 436 g/mol. The summed E-state index contributed by atoms with van der Waals surface area (Å²) in [7, 11) is -3.52. The Morgan fingerprint density at radius 2 is 1.64 bits per heavy atom. The monoisotopic (exact) mass is 464 g/mol. The number of nitrogens with one attached hydrogen (secondary N) is 1. The number of carbonyl (C=O) groups excluding carboxylic acids is 1. The summed E-state index contributed by atoms with van der Waals surface area (Å²) in [4.78, 5) is 12.7. The normalized spacial score (nSPS) is 15.1. The first-order valence-electron chi connectivity index (χ1n) is 11.1. The number of aryl methyl sites for hydroxylation is 1. The van der Waals surface area contributed by atoms with E-state index in [1.54, 1.807) is 6.21 Å². The number of hydrazone groups is 1. The number of rotatable bonds is 6. The second-order valence-corrected chi connectivity index (χ2v) is 10.1. The second kappa shape index (κ2) is 9.72. The van der Waals surface area contributed by atoms with Gasteiger partial charge in [0, 0.05) is 41.3 Å². The van der Waals surface area contributed by atoms with E-state index >= 15 is 0 Å². The minimum Gasteiger partial charge on any atom is -0.318 e. The number of hydrogen-bond acceptors (Lipinski definition) is 4. The van der Waals surface area contributed by atoms with Crippen molar-refractivity contribution in [2.75, 3.05) is 13.1 Å². The molecule has 0 saturated carbocycles. The van der Waals surface area contributed by atoms with Crippen LogP contribution in [0.15, 0.2) is 70.7 Å². The lowest BCUT2D eigenvalue weighted by atomic mass is 10.2. The van der Waals surface area contributed by atoms with Gasteiger partial charge in [-0.1, -0.05) is 24.6 Å². The number of amides is 1. The number of nitrogens with zero attached hydrogens (tertiary/aromatic N) is 3. The van der Waals surface area contributed by atoms with Crippen molar-refractivity contribution in [3.63, 3.8) is 0 Å². The van der Waals surface area contributed by atoms with Gasteiger partial charge in [-0.05, 0) is 69.2 Å². The van der Waals surface area contributed by atoms with Gasteiger partial charge in [-0.2, -0.15) is 9.41 Å². The summed E-state index contributed by atoms with van der Waals surface area (Å²) < 4.78 is 29.2. The molecule has 1 saturated heterocycles. The smallest absolute Gasteiger partial charge is 0.271 e. The van der Waals surface area contributed by atoms with Crippen LogP contribution in [-0.4, -0.2) is 42.5 Å². The molecule has 0 spiro atoms. The summed E-state index contributed by atoms with van der Waals surface area (Å²) in [6.07, 6.45) is 4.44. The summed E-state index contributed by atoms with van der Waals surface area (Å²) >= 11 is 0. The van der Waals surface area contributed by atoms with E-state index in [9.17, 15) is 13.2 Å². The average Bonchev–Trinajstić information content (AvgIpc) is 3.13. The van der Waals surface area contributed by atoms with Gasteiger partial charge in [0.2, 0.25) is 10.0 Å². The Morgan fingerprint density at radius 1 is 0.970 bits per heavy atom. The highest BCUT2D eigenvalue weighted by molar-refractivity contribution is 7.89. The van der Waals surface area contributed by atoms with Crippen LogP contribution in [0, 0.1) is 13.8 Å². The quantitative estimate of drug-likeness (QED) is 0.442. The van der Waals surface area contributed by atoms with E-state index in [-0.39, 0.29) is 4.90 Å². The topological polar surface area (TPSA) is 83.8 Å². The van der Waals surface area contributed by atoms with Crippen LogP contribution in [0.4, 0.5) is 0 Å². The lowest BCUT2D eigenvalue weighted by Gasteiger charge is -2.25. The molecule has 7 nitrogen and oxygen atoms in total. The summed E-state index contributed by atoms with van der Waals surface area (Å²) in [5, 5.41) is 4.11. The van der Waals surface area contributed by atoms with Gasteiger partial charge in [0.05, 0.1) is 11.1 Å². The lowest BCUT2D eigenvalue weighted by Crippen LogP contribution is -2.35. The van der Waals surface area contributed by atoms with Crippen molar-refractivity contribution >= 4 is 22.1 Å². The van der Waals surface area contributed by atoms with Crippen molar-refractivity contribution in [1.82, 2.24) is 14.3 Å². The third-order valence-corrected chi connectivity index (χ3v) is 7.84. The van der Waals surface area contributed by atoms with Gasteiger partial charge >= 0.3 is 0 Å². The molecule has 1 aromatic heterocycles. The van der Waals surface area contributed by atoms with Crippen molar-refractivity contribution in [2.45, 2.75) is 38.0 Å². The SMILES string of the molecule is Cc1cc(C=NNC(=O)c2ccc(S(=O)(=O)N3CCCCC3)cc2)c(C)n1-c1ccccc1. The zero-order valence-corrected chi connectivity index (χ0v) is 19.7. The standard InChI is InChI=1S/C25H28N4O3S/c1-19-17-22(20(2)29(19)23-9-5-3-6-10-23)18-26-27-25(30)21-11-13-24(14-12-21)33(31,32)28-15-7-4-8-16-28/h3,5-6,9-14,17-18H,4,7-8,15-16H2,1-2H3,(H,27,30). The van der Waals surface area contributed by atoms with Gasteiger partial charge in [-0.15, -0.1) is 0 Å². The third-order valence-electron chi connectivity index (χ3n) is 5.92. The molecule has 0 aliphatic carbocycles. The van der Waals surface area contributed by atoms with Gasteiger partial charge < -0.3 is 4.57 Å². The first-order chi connectivity index (χ1) is 15.9. The molecule has 1 fully saturated rings. The van der Waals surface area contributed by atoms with E-state index in [0.29, 0.717) is 18.7 Å². The molecule has 1 N–H and O–H groups in total. The number of hydrogen-bond donors (Lipinski definition) is 1. The number of sulfonamides is 1. The number of aromatic nitrogens is 1. The van der Waals surface area contributed by atoms with Gasteiger partial charge in [-0.25, -0.2) is 13.8 Å². The van der Waals surface area contributed by atoms with Crippen LogP contribution in [0.25, 0.3) is 5.69 Å². The summed E-state index contributed by atoms with van der Waals surface area (Å²) in [5.41, 5.74) is 6.93. The Kier molecular flexibility index (Phi) is 6.76. The van der Waals surface area contributed by atoms with E-state index in [1.165, 1.54) is 28.6 Å². The lowest BCUT2D eigenvalue weighted by molar-refractivity contribution is 0.0955. The minimum absolute atomic E-state index is 0.206. The maximum absolute atomic E-state index is 12.8. The van der Waals surface area contributed by atoms with E-state index < -0.39 is 15.9 Å². The van der Waals surface area contributed by atoms with E-state index in [4.69, 9.17) is 0 Å². The Balaban J connectivity index is 1.43. The highest BCUT2D eigenvalue weighted by Gasteiger charge is 2.25. The van der Waals surface area contributed by atoms with Crippen molar-refractivity contribution in [3.05, 3.63) is 83.2 Å². The fourth-order valence-corrected chi connectivity index (χ4v) is 5.67. The predicted molar refractivity (Wildman–Crippen MR) is 129 cm³/mol. The van der Waals surface area contributed by atoms with E-state index in [0.717, 1.165) is 41.9 Å². The van der Waals surface area contributed by atoms with Crippen LogP contribution >= 0.6 is 0 Å². The molecule has 2 aromatic carbocycles. The van der Waals surface area contributed by atoms with Crippen LogP contribution in [0.3, 0.4) is 0 Å². The van der Waals surface area contributed by atoms with Crippen LogP contribution < -0.4 is 5.43 Å². The maximum Gasteiger partial charge on any atom is 0.271 e. The predicted octanol–water partition coefficient (Wildman–Crippen LogP) is 4.03. The molecule has 4 rings (SSSR count). The largest absolute Gasteiger partial charge is 0.318 e. The van der Waals surface area contributed by atoms with E-state index in [2.05, 4.69) is 15.1 Å². The van der Waals surface area contributed by atoms with Crippen LogP contribution in [0.5, 0.6) is 0 Å². The van der Waals surface area contributed by atoms with Crippen molar-refractivity contribution < 1.29 is 13.2 Å². The van der Waals surface area contributed by atoms with Gasteiger partial charge in [0.1, 0.15) is 0 Å². The Bertz CT molecular complexity index is 1260. The number of carbonyl (C=O) groups is 1. The molecule has 3 aromatic rings. The van der Waals surface area contributed by atoms with Crippen LogP contribution in [0.2, 0.25) is 0 Å². The van der Waals surface area contributed by atoms with Gasteiger partial charge in [-0.3, -0.25) is 4.79 Å². The molecule has 8 heteroatoms. The molecule has 0 atom stereocenters. The van der Waals surface area contributed by atoms with Crippen LogP contribution in [0.1, 0.15) is 46.6 Å². The molecule has 1 aliphatic heterocycles. The van der Waals surface area contributed by atoms with Crippen LogP contribution in [-0.2, 0) is 10.0 Å². The zero-order valence-electron chi connectivity index (χ0n) is 18.9. The Labute approximate surface area is 194 Å². The molecule has 1 amide bonds. The molecule has 33 heavy (non-hydrogen) atoms.